The summed E-state index contributed by atoms with van der Waals surface area (Å²) in [5.41, 5.74) is 1.45. The van der Waals surface area contributed by atoms with Gasteiger partial charge < -0.3 is 9.64 Å². The van der Waals surface area contributed by atoms with Crippen molar-refractivity contribution in [3.63, 3.8) is 0 Å². The summed E-state index contributed by atoms with van der Waals surface area (Å²) in [6, 6.07) is 13.6. The van der Waals surface area contributed by atoms with E-state index in [0.29, 0.717) is 24.3 Å². The molecule has 0 aliphatic rings. The Balaban J connectivity index is 2.24. The number of halogens is 1. The fraction of sp³-hybridized carbons (Fsp3) is 0.316. The van der Waals surface area contributed by atoms with Gasteiger partial charge in [-0.15, -0.1) is 0 Å². The fourth-order valence-electron chi connectivity index (χ4n) is 2.64. The molecule has 0 unspecified atom stereocenters. The molecule has 2 aromatic rings. The minimum atomic E-state index is -0.278. The number of ketones is 1. The van der Waals surface area contributed by atoms with Crippen LogP contribution in [0.15, 0.2) is 48.5 Å². The lowest BCUT2D eigenvalue weighted by Crippen LogP contribution is -2.29. The first-order valence-corrected chi connectivity index (χ1v) is 7.57. The summed E-state index contributed by atoms with van der Waals surface area (Å²) < 4.78 is 18.6. The number of benzene rings is 2. The van der Waals surface area contributed by atoms with Crippen molar-refractivity contribution in [3.8, 4) is 5.75 Å². The van der Waals surface area contributed by atoms with Crippen molar-refractivity contribution in [3.05, 3.63) is 65.5 Å². The molecule has 1 atom stereocenters. The average Bonchev–Trinajstić information content (AvgIpc) is 2.53. The van der Waals surface area contributed by atoms with Crippen LogP contribution in [0.4, 0.5) is 4.39 Å². The zero-order valence-corrected chi connectivity index (χ0v) is 13.8. The summed E-state index contributed by atoms with van der Waals surface area (Å²) in [6.07, 6.45) is 0.506. The third-order valence-electron chi connectivity index (χ3n) is 3.68. The van der Waals surface area contributed by atoms with Crippen molar-refractivity contribution in [2.24, 2.45) is 5.92 Å². The second-order valence-corrected chi connectivity index (χ2v) is 5.89. The van der Waals surface area contributed by atoms with Crippen LogP contribution in [0.2, 0.25) is 0 Å². The number of Topliss-reactive ketones (excluding diaryl/α,β-unsaturated/α-hetero) is 1. The molecule has 2 rings (SSSR count). The molecule has 23 heavy (non-hydrogen) atoms. The Morgan fingerprint density at radius 2 is 1.91 bits per heavy atom. The molecule has 0 fully saturated rings. The summed E-state index contributed by atoms with van der Waals surface area (Å²) in [5, 5.41) is 0. The molecule has 0 N–H and O–H groups in total. The highest BCUT2D eigenvalue weighted by Gasteiger charge is 2.22. The van der Waals surface area contributed by atoms with Crippen LogP contribution < -0.4 is 4.74 Å². The molecule has 122 valence electrons. The van der Waals surface area contributed by atoms with Gasteiger partial charge >= 0.3 is 0 Å². The number of rotatable bonds is 7. The van der Waals surface area contributed by atoms with Crippen LogP contribution in [0, 0.1) is 11.7 Å². The van der Waals surface area contributed by atoms with Gasteiger partial charge in [0.1, 0.15) is 11.6 Å². The summed E-state index contributed by atoms with van der Waals surface area (Å²) in [4.78, 5) is 14.8. The number of nitrogens with zero attached hydrogens (tertiary/aromatic N) is 1. The van der Waals surface area contributed by atoms with E-state index in [1.54, 1.807) is 31.4 Å². The molecule has 4 heteroatoms. The van der Waals surface area contributed by atoms with Gasteiger partial charge in [-0.05, 0) is 50.3 Å². The second-order valence-electron chi connectivity index (χ2n) is 5.89. The lowest BCUT2D eigenvalue weighted by Gasteiger charge is -2.20. The molecule has 0 amide bonds. The zero-order valence-electron chi connectivity index (χ0n) is 13.8. The maximum atomic E-state index is 13.4. The van der Waals surface area contributed by atoms with Crippen LogP contribution in [0.3, 0.4) is 0 Å². The highest BCUT2D eigenvalue weighted by atomic mass is 19.1. The van der Waals surface area contributed by atoms with E-state index in [-0.39, 0.29) is 17.5 Å². The van der Waals surface area contributed by atoms with Crippen LogP contribution in [0.5, 0.6) is 5.75 Å². The first-order valence-electron chi connectivity index (χ1n) is 7.57. The van der Waals surface area contributed by atoms with E-state index in [2.05, 4.69) is 0 Å². The molecular formula is C19H22FNO2. The van der Waals surface area contributed by atoms with Crippen LogP contribution in [0.1, 0.15) is 15.9 Å². The molecule has 2 aromatic carbocycles. The van der Waals surface area contributed by atoms with Gasteiger partial charge in [-0.3, -0.25) is 4.79 Å². The van der Waals surface area contributed by atoms with Gasteiger partial charge in [0.25, 0.3) is 0 Å². The maximum Gasteiger partial charge on any atom is 0.167 e. The third-order valence-corrected chi connectivity index (χ3v) is 3.68. The van der Waals surface area contributed by atoms with Gasteiger partial charge in [0.15, 0.2) is 5.78 Å². The van der Waals surface area contributed by atoms with Gasteiger partial charge in [0.05, 0.1) is 7.11 Å². The zero-order chi connectivity index (χ0) is 16.8. The van der Waals surface area contributed by atoms with Gasteiger partial charge in [-0.1, -0.05) is 24.3 Å². The quantitative estimate of drug-likeness (QED) is 0.733. The molecule has 0 bridgehead atoms. The van der Waals surface area contributed by atoms with E-state index < -0.39 is 0 Å². The highest BCUT2D eigenvalue weighted by molar-refractivity contribution is 5.98. The Morgan fingerprint density at radius 3 is 2.57 bits per heavy atom. The molecule has 0 heterocycles. The molecule has 0 aliphatic carbocycles. The van der Waals surface area contributed by atoms with E-state index in [0.717, 1.165) is 5.56 Å². The van der Waals surface area contributed by atoms with E-state index in [9.17, 15) is 9.18 Å². The van der Waals surface area contributed by atoms with Crippen molar-refractivity contribution in [1.29, 1.82) is 0 Å². The summed E-state index contributed by atoms with van der Waals surface area (Å²) in [5.74, 6) is 0.186. The van der Waals surface area contributed by atoms with Crippen LogP contribution in [-0.4, -0.2) is 38.4 Å². The van der Waals surface area contributed by atoms with Gasteiger partial charge in [0, 0.05) is 18.0 Å². The summed E-state index contributed by atoms with van der Waals surface area (Å²) in [7, 11) is 5.43. The molecule has 0 aromatic heterocycles. The number of methoxy groups -OCH3 is 1. The Morgan fingerprint density at radius 1 is 1.17 bits per heavy atom. The van der Waals surface area contributed by atoms with E-state index in [1.165, 1.54) is 12.1 Å². The van der Waals surface area contributed by atoms with Crippen molar-refractivity contribution < 1.29 is 13.9 Å². The first kappa shape index (κ1) is 17.2. The molecule has 0 saturated carbocycles. The van der Waals surface area contributed by atoms with Crippen LogP contribution in [0.25, 0.3) is 0 Å². The van der Waals surface area contributed by atoms with E-state index in [4.69, 9.17) is 4.74 Å². The predicted octanol–water partition coefficient (Wildman–Crippen LogP) is 3.44. The molecule has 0 aliphatic heterocycles. The number of hydrogen-bond donors (Lipinski definition) is 0. The number of hydrogen-bond acceptors (Lipinski definition) is 3. The van der Waals surface area contributed by atoms with Crippen molar-refractivity contribution >= 4 is 5.78 Å². The maximum absolute atomic E-state index is 13.4. The van der Waals surface area contributed by atoms with Gasteiger partial charge in [0.2, 0.25) is 0 Å². The van der Waals surface area contributed by atoms with Crippen molar-refractivity contribution in [2.45, 2.75) is 6.42 Å². The number of carbonyl (C=O) groups is 1. The van der Waals surface area contributed by atoms with E-state index >= 15 is 0 Å². The van der Waals surface area contributed by atoms with Gasteiger partial charge in [-0.25, -0.2) is 4.39 Å². The predicted molar refractivity (Wildman–Crippen MR) is 89.5 cm³/mol. The second kappa shape index (κ2) is 7.88. The monoisotopic (exact) mass is 315 g/mol. The van der Waals surface area contributed by atoms with Crippen LogP contribution >= 0.6 is 0 Å². The number of carbonyl (C=O) groups excluding carboxylic acids is 1. The molecule has 0 spiro atoms. The summed E-state index contributed by atoms with van der Waals surface area (Å²) >= 11 is 0. The Bertz CT molecular complexity index is 670. The molecule has 0 radical (unpaired) electrons. The Kier molecular flexibility index (Phi) is 5.88. The van der Waals surface area contributed by atoms with Crippen molar-refractivity contribution in [1.82, 2.24) is 4.90 Å². The first-order chi connectivity index (χ1) is 11.0. The molecule has 0 saturated heterocycles. The molecule has 3 nitrogen and oxygen atoms in total. The van der Waals surface area contributed by atoms with Gasteiger partial charge in [-0.2, -0.15) is 0 Å². The average molecular weight is 315 g/mol. The van der Waals surface area contributed by atoms with Crippen molar-refractivity contribution in [2.75, 3.05) is 27.7 Å². The smallest absolute Gasteiger partial charge is 0.167 e. The fourth-order valence-corrected chi connectivity index (χ4v) is 2.64. The SMILES string of the molecule is COc1cccc(C(=O)[C@H](Cc2cccc(F)c2)CN(C)C)c1. The third kappa shape index (κ3) is 4.89. The lowest BCUT2D eigenvalue weighted by molar-refractivity contribution is 0.0896. The Hall–Kier alpha value is -2.20. The highest BCUT2D eigenvalue weighted by Crippen LogP contribution is 2.20. The minimum absolute atomic E-state index is 0.0434. The summed E-state index contributed by atoms with van der Waals surface area (Å²) in [6.45, 7) is 0.604. The lowest BCUT2D eigenvalue weighted by atomic mass is 9.90. The van der Waals surface area contributed by atoms with Crippen LogP contribution in [-0.2, 0) is 6.42 Å². The topological polar surface area (TPSA) is 29.5 Å². The normalized spacial score (nSPS) is 12.2. The minimum Gasteiger partial charge on any atom is -0.497 e. The molecular weight excluding hydrogens is 293 g/mol. The Labute approximate surface area is 136 Å². The number of ether oxygens (including phenoxy) is 1. The largest absolute Gasteiger partial charge is 0.497 e. The standard InChI is InChI=1S/C19H22FNO2/c1-21(2)13-16(10-14-6-4-8-17(20)11-14)19(22)15-7-5-9-18(12-15)23-3/h4-9,11-12,16H,10,13H2,1-3H3/t16-/m1/s1. The van der Waals surface area contributed by atoms with E-state index in [1.807, 2.05) is 31.1 Å².